The summed E-state index contributed by atoms with van der Waals surface area (Å²) in [5, 5.41) is 6.49. The Kier molecular flexibility index (Phi) is 4.41. The summed E-state index contributed by atoms with van der Waals surface area (Å²) in [5.74, 6) is 1.44. The topological polar surface area (TPSA) is 53.6 Å². The van der Waals surface area contributed by atoms with Crippen LogP contribution in [0.3, 0.4) is 0 Å². The molecule has 0 aromatic heterocycles. The van der Waals surface area contributed by atoms with Crippen molar-refractivity contribution in [1.82, 2.24) is 10.2 Å². The van der Waals surface area contributed by atoms with Gasteiger partial charge in [0.25, 0.3) is 0 Å². The van der Waals surface area contributed by atoms with Crippen LogP contribution in [0.4, 0.5) is 5.69 Å². The lowest BCUT2D eigenvalue weighted by atomic mass is 9.93. The van der Waals surface area contributed by atoms with Crippen LogP contribution in [0.25, 0.3) is 0 Å². The molecular formula is C16H23N3O2. The number of amides is 1. The summed E-state index contributed by atoms with van der Waals surface area (Å²) in [5.41, 5.74) is 0.738. The monoisotopic (exact) mass is 289 g/mol. The number of methoxy groups -OCH3 is 1. The Labute approximate surface area is 125 Å². The molecule has 1 aromatic rings. The number of carbonyl (C=O) groups is 1. The predicted octanol–water partition coefficient (Wildman–Crippen LogP) is 1.32. The molecule has 1 amide bonds. The van der Waals surface area contributed by atoms with Crippen LogP contribution in [0.5, 0.6) is 5.75 Å². The number of hydrogen-bond donors (Lipinski definition) is 2. The second kappa shape index (κ2) is 6.45. The highest BCUT2D eigenvalue weighted by atomic mass is 16.5. The first-order valence-corrected chi connectivity index (χ1v) is 7.65. The van der Waals surface area contributed by atoms with Gasteiger partial charge in [-0.25, -0.2) is 0 Å². The maximum Gasteiger partial charge on any atom is 0.238 e. The van der Waals surface area contributed by atoms with Gasteiger partial charge in [0, 0.05) is 19.1 Å². The van der Waals surface area contributed by atoms with Crippen molar-refractivity contribution in [3.8, 4) is 5.75 Å². The number of piperidine rings is 1. The second-order valence-electron chi connectivity index (χ2n) is 5.88. The van der Waals surface area contributed by atoms with Gasteiger partial charge in [0.2, 0.25) is 5.91 Å². The number of likely N-dealkylation sites (tertiary alicyclic amines) is 1. The molecule has 0 aliphatic carbocycles. The van der Waals surface area contributed by atoms with Crippen molar-refractivity contribution in [2.75, 3.05) is 38.6 Å². The van der Waals surface area contributed by atoms with Gasteiger partial charge >= 0.3 is 0 Å². The number of para-hydroxylation sites is 2. The Bertz CT molecular complexity index is 506. The number of fused-ring (bicyclic) bond motifs is 1. The van der Waals surface area contributed by atoms with Crippen molar-refractivity contribution in [3.05, 3.63) is 24.3 Å². The van der Waals surface area contributed by atoms with E-state index in [1.54, 1.807) is 7.11 Å². The maximum absolute atomic E-state index is 12.2. The van der Waals surface area contributed by atoms with E-state index in [1.165, 1.54) is 6.42 Å². The molecule has 114 valence electrons. The van der Waals surface area contributed by atoms with Crippen LogP contribution < -0.4 is 15.4 Å². The predicted molar refractivity (Wildman–Crippen MR) is 82.6 cm³/mol. The van der Waals surface area contributed by atoms with Crippen molar-refractivity contribution >= 4 is 11.6 Å². The quantitative estimate of drug-likeness (QED) is 0.878. The van der Waals surface area contributed by atoms with Crippen LogP contribution in [0.2, 0.25) is 0 Å². The first kappa shape index (κ1) is 14.4. The third-order valence-electron chi connectivity index (χ3n) is 4.49. The number of nitrogens with zero attached hydrogens (tertiary/aromatic N) is 1. The molecule has 2 atom stereocenters. The van der Waals surface area contributed by atoms with E-state index >= 15 is 0 Å². The van der Waals surface area contributed by atoms with Gasteiger partial charge in [-0.2, -0.15) is 0 Å². The van der Waals surface area contributed by atoms with E-state index in [-0.39, 0.29) is 5.91 Å². The van der Waals surface area contributed by atoms with Gasteiger partial charge in [-0.15, -0.1) is 0 Å². The van der Waals surface area contributed by atoms with Crippen LogP contribution in [0, 0.1) is 5.92 Å². The Morgan fingerprint density at radius 3 is 3.14 bits per heavy atom. The van der Waals surface area contributed by atoms with Gasteiger partial charge in [0.1, 0.15) is 5.75 Å². The molecule has 0 radical (unpaired) electrons. The molecule has 2 saturated heterocycles. The lowest BCUT2D eigenvalue weighted by Gasteiger charge is -2.34. The number of benzene rings is 1. The second-order valence-corrected chi connectivity index (χ2v) is 5.88. The molecule has 2 N–H and O–H groups in total. The molecule has 2 aliphatic heterocycles. The lowest BCUT2D eigenvalue weighted by Crippen LogP contribution is -2.46. The molecule has 0 saturated carbocycles. The molecular weight excluding hydrogens is 266 g/mol. The molecule has 2 unspecified atom stereocenters. The summed E-state index contributed by atoms with van der Waals surface area (Å²) in [4.78, 5) is 14.5. The lowest BCUT2D eigenvalue weighted by molar-refractivity contribution is -0.117. The Hall–Kier alpha value is -1.59. The average molecular weight is 289 g/mol. The summed E-state index contributed by atoms with van der Waals surface area (Å²) in [6.45, 7) is 3.60. The summed E-state index contributed by atoms with van der Waals surface area (Å²) >= 11 is 0. The van der Waals surface area contributed by atoms with Crippen molar-refractivity contribution < 1.29 is 9.53 Å². The van der Waals surface area contributed by atoms with Gasteiger partial charge < -0.3 is 15.4 Å². The van der Waals surface area contributed by atoms with Crippen LogP contribution in [0.1, 0.15) is 12.8 Å². The zero-order chi connectivity index (χ0) is 14.7. The number of hydrogen-bond acceptors (Lipinski definition) is 4. The highest BCUT2D eigenvalue weighted by Gasteiger charge is 2.32. The first-order valence-electron chi connectivity index (χ1n) is 7.65. The highest BCUT2D eigenvalue weighted by molar-refractivity contribution is 5.93. The van der Waals surface area contributed by atoms with Crippen LogP contribution in [-0.2, 0) is 4.79 Å². The third kappa shape index (κ3) is 3.36. The van der Waals surface area contributed by atoms with Crippen molar-refractivity contribution in [1.29, 1.82) is 0 Å². The van der Waals surface area contributed by atoms with Crippen molar-refractivity contribution in [2.24, 2.45) is 5.92 Å². The number of carbonyl (C=O) groups excluding carboxylic acids is 1. The number of anilines is 1. The molecule has 21 heavy (non-hydrogen) atoms. The minimum atomic E-state index is 0.0314. The van der Waals surface area contributed by atoms with E-state index in [0.29, 0.717) is 24.3 Å². The standard InChI is InChI=1S/C16H23N3O2/c1-21-15-5-3-2-4-14(15)18-16(20)11-19-9-7-13-12(10-19)6-8-17-13/h2-5,12-13,17H,6-11H2,1H3,(H,18,20). The zero-order valence-corrected chi connectivity index (χ0v) is 12.5. The van der Waals surface area contributed by atoms with Crippen molar-refractivity contribution in [2.45, 2.75) is 18.9 Å². The molecule has 2 heterocycles. The Balaban J connectivity index is 1.54. The number of rotatable bonds is 4. The highest BCUT2D eigenvalue weighted by Crippen LogP contribution is 2.25. The summed E-state index contributed by atoms with van der Waals surface area (Å²) in [6, 6.07) is 8.17. The Morgan fingerprint density at radius 1 is 1.43 bits per heavy atom. The smallest absolute Gasteiger partial charge is 0.238 e. The normalized spacial score (nSPS) is 25.4. The zero-order valence-electron chi connectivity index (χ0n) is 12.5. The van der Waals surface area contributed by atoms with Gasteiger partial charge in [0.15, 0.2) is 0 Å². The summed E-state index contributed by atoms with van der Waals surface area (Å²) in [7, 11) is 1.61. The van der Waals surface area contributed by atoms with E-state index in [1.807, 2.05) is 24.3 Å². The van der Waals surface area contributed by atoms with E-state index < -0.39 is 0 Å². The fourth-order valence-corrected chi connectivity index (χ4v) is 3.41. The van der Waals surface area contributed by atoms with Gasteiger partial charge in [-0.3, -0.25) is 9.69 Å². The van der Waals surface area contributed by atoms with Crippen LogP contribution >= 0.6 is 0 Å². The van der Waals surface area contributed by atoms with E-state index in [4.69, 9.17) is 4.74 Å². The van der Waals surface area contributed by atoms with Gasteiger partial charge in [-0.1, -0.05) is 12.1 Å². The molecule has 0 bridgehead atoms. The molecule has 0 spiro atoms. The van der Waals surface area contributed by atoms with E-state index in [0.717, 1.165) is 31.7 Å². The molecule has 3 rings (SSSR count). The minimum absolute atomic E-state index is 0.0314. The number of nitrogens with one attached hydrogen (secondary N) is 2. The molecule has 5 heteroatoms. The van der Waals surface area contributed by atoms with Crippen LogP contribution in [-0.4, -0.2) is 50.1 Å². The first-order chi connectivity index (χ1) is 10.3. The van der Waals surface area contributed by atoms with E-state index in [2.05, 4.69) is 15.5 Å². The molecule has 2 aliphatic rings. The largest absolute Gasteiger partial charge is 0.495 e. The van der Waals surface area contributed by atoms with Crippen LogP contribution in [0.15, 0.2) is 24.3 Å². The number of ether oxygens (including phenoxy) is 1. The molecule has 5 nitrogen and oxygen atoms in total. The molecule has 1 aromatic carbocycles. The SMILES string of the molecule is COc1ccccc1NC(=O)CN1CCC2NCCC2C1. The summed E-state index contributed by atoms with van der Waals surface area (Å²) < 4.78 is 5.26. The molecule has 2 fully saturated rings. The minimum Gasteiger partial charge on any atom is -0.495 e. The van der Waals surface area contributed by atoms with E-state index in [9.17, 15) is 4.79 Å². The van der Waals surface area contributed by atoms with Gasteiger partial charge in [-0.05, 0) is 37.4 Å². The fourth-order valence-electron chi connectivity index (χ4n) is 3.41. The van der Waals surface area contributed by atoms with Gasteiger partial charge in [0.05, 0.1) is 19.3 Å². The maximum atomic E-state index is 12.2. The Morgan fingerprint density at radius 2 is 2.29 bits per heavy atom. The fraction of sp³-hybridized carbons (Fsp3) is 0.562. The van der Waals surface area contributed by atoms with Crippen molar-refractivity contribution in [3.63, 3.8) is 0 Å². The average Bonchev–Trinajstić information content (AvgIpc) is 2.95. The summed E-state index contributed by atoms with van der Waals surface area (Å²) in [6.07, 6.45) is 2.38. The third-order valence-corrected chi connectivity index (χ3v) is 4.49.